The van der Waals surface area contributed by atoms with Crippen molar-refractivity contribution < 1.29 is 19.1 Å². The fraction of sp³-hybridized carbons (Fsp3) is 0.217. The van der Waals surface area contributed by atoms with Gasteiger partial charge in [-0.2, -0.15) is 0 Å². The lowest BCUT2D eigenvalue weighted by atomic mass is 10.00. The number of ether oxygens (including phenoxy) is 2. The van der Waals surface area contributed by atoms with Gasteiger partial charge in [0.25, 0.3) is 5.91 Å². The number of aromatic nitrogens is 1. The van der Waals surface area contributed by atoms with E-state index in [2.05, 4.69) is 6.08 Å². The molecule has 1 aliphatic heterocycles. The highest BCUT2D eigenvalue weighted by molar-refractivity contribution is 6.09. The van der Waals surface area contributed by atoms with E-state index in [0.29, 0.717) is 5.56 Å². The standard InChI is InChI=1S/C23H20N2O4/c1-25(27-2)23(26)21-16-5-3-4-6-18(16)24-22-15(8-9-17(21)22)11-14-7-10-19-20(12-14)29-13-28-19/h3-7,10-12H,8-9,13H2,1-2H3/b15-11+. The zero-order valence-corrected chi connectivity index (χ0v) is 16.3. The molecular formula is C23H20N2O4. The number of hydroxylamine groups is 2. The van der Waals surface area contributed by atoms with Crippen molar-refractivity contribution in [3.05, 3.63) is 64.8 Å². The van der Waals surface area contributed by atoms with Crippen molar-refractivity contribution in [2.75, 3.05) is 21.0 Å². The normalized spacial score (nSPS) is 15.7. The number of rotatable bonds is 3. The Labute approximate surface area is 168 Å². The third-order valence-electron chi connectivity index (χ3n) is 5.45. The number of benzene rings is 2. The second-order valence-corrected chi connectivity index (χ2v) is 7.10. The van der Waals surface area contributed by atoms with Gasteiger partial charge in [-0.1, -0.05) is 24.3 Å². The molecule has 29 heavy (non-hydrogen) atoms. The van der Waals surface area contributed by atoms with Crippen LogP contribution in [0.2, 0.25) is 0 Å². The summed E-state index contributed by atoms with van der Waals surface area (Å²) in [6.07, 6.45) is 3.70. The van der Waals surface area contributed by atoms with Crippen molar-refractivity contribution in [1.82, 2.24) is 10.0 Å². The van der Waals surface area contributed by atoms with E-state index in [9.17, 15) is 4.79 Å². The van der Waals surface area contributed by atoms with Crippen LogP contribution in [-0.4, -0.2) is 36.9 Å². The van der Waals surface area contributed by atoms with Crippen molar-refractivity contribution >= 4 is 28.5 Å². The summed E-state index contributed by atoms with van der Waals surface area (Å²) in [5.41, 5.74) is 5.47. The molecule has 5 rings (SSSR count). The molecule has 3 aromatic rings. The predicted octanol–water partition coefficient (Wildman–Crippen LogP) is 4.08. The first-order valence-electron chi connectivity index (χ1n) is 9.50. The van der Waals surface area contributed by atoms with E-state index in [0.717, 1.165) is 57.6 Å². The van der Waals surface area contributed by atoms with E-state index in [1.165, 1.54) is 12.2 Å². The molecule has 0 saturated heterocycles. The van der Waals surface area contributed by atoms with Gasteiger partial charge in [0, 0.05) is 12.4 Å². The van der Waals surface area contributed by atoms with Crippen molar-refractivity contribution in [3.8, 4) is 11.5 Å². The quantitative estimate of drug-likeness (QED) is 0.633. The second-order valence-electron chi connectivity index (χ2n) is 7.10. The summed E-state index contributed by atoms with van der Waals surface area (Å²) in [5, 5.41) is 2.12. The minimum Gasteiger partial charge on any atom is -0.454 e. The lowest BCUT2D eigenvalue weighted by Crippen LogP contribution is -2.27. The number of carbonyl (C=O) groups excluding carboxylic acids is 1. The van der Waals surface area contributed by atoms with Gasteiger partial charge in [-0.15, -0.1) is 0 Å². The van der Waals surface area contributed by atoms with Gasteiger partial charge in [0.15, 0.2) is 11.5 Å². The summed E-state index contributed by atoms with van der Waals surface area (Å²) >= 11 is 0. The fourth-order valence-corrected chi connectivity index (χ4v) is 3.97. The first-order chi connectivity index (χ1) is 14.2. The zero-order chi connectivity index (χ0) is 20.0. The van der Waals surface area contributed by atoms with E-state index < -0.39 is 0 Å². The molecule has 0 N–H and O–H groups in total. The molecule has 0 saturated carbocycles. The number of allylic oxidation sites excluding steroid dienone is 1. The van der Waals surface area contributed by atoms with Gasteiger partial charge in [-0.05, 0) is 53.8 Å². The number of hydrogen-bond acceptors (Lipinski definition) is 5. The number of pyridine rings is 1. The molecule has 2 aliphatic rings. The highest BCUT2D eigenvalue weighted by Gasteiger charge is 2.28. The number of nitrogens with zero attached hydrogens (tertiary/aromatic N) is 2. The highest BCUT2D eigenvalue weighted by atomic mass is 16.7. The maximum atomic E-state index is 13.1. The Morgan fingerprint density at radius 1 is 1.14 bits per heavy atom. The summed E-state index contributed by atoms with van der Waals surface area (Å²) in [7, 11) is 3.12. The molecule has 2 aromatic carbocycles. The zero-order valence-electron chi connectivity index (χ0n) is 16.3. The molecule has 1 aromatic heterocycles. The number of hydrogen-bond donors (Lipinski definition) is 0. The van der Waals surface area contributed by atoms with Crippen molar-refractivity contribution in [2.45, 2.75) is 12.8 Å². The lowest BCUT2D eigenvalue weighted by molar-refractivity contribution is -0.0756. The largest absolute Gasteiger partial charge is 0.454 e. The Morgan fingerprint density at radius 3 is 2.83 bits per heavy atom. The van der Waals surface area contributed by atoms with Crippen LogP contribution in [-0.2, 0) is 11.3 Å². The fourth-order valence-electron chi connectivity index (χ4n) is 3.97. The molecule has 0 unspecified atom stereocenters. The van der Waals surface area contributed by atoms with Crippen LogP contribution in [0.3, 0.4) is 0 Å². The number of amides is 1. The van der Waals surface area contributed by atoms with Gasteiger partial charge in [-0.3, -0.25) is 9.63 Å². The van der Waals surface area contributed by atoms with Crippen molar-refractivity contribution in [3.63, 3.8) is 0 Å². The predicted molar refractivity (Wildman–Crippen MR) is 110 cm³/mol. The summed E-state index contributed by atoms with van der Waals surface area (Å²) < 4.78 is 10.9. The molecule has 6 heteroatoms. The summed E-state index contributed by atoms with van der Waals surface area (Å²) in [4.78, 5) is 23.1. The minimum absolute atomic E-state index is 0.160. The molecule has 0 spiro atoms. The SMILES string of the molecule is CON(C)C(=O)c1c2c(nc3ccccc13)/C(=C/c1ccc3c(c1)OCO3)CC2. The van der Waals surface area contributed by atoms with Gasteiger partial charge in [0.05, 0.1) is 23.9 Å². The Kier molecular flexibility index (Phi) is 4.21. The third kappa shape index (κ3) is 2.93. The van der Waals surface area contributed by atoms with Gasteiger partial charge in [0.2, 0.25) is 6.79 Å². The van der Waals surface area contributed by atoms with E-state index in [-0.39, 0.29) is 12.7 Å². The highest BCUT2D eigenvalue weighted by Crippen LogP contribution is 2.39. The van der Waals surface area contributed by atoms with Gasteiger partial charge in [-0.25, -0.2) is 10.0 Å². The molecule has 6 nitrogen and oxygen atoms in total. The number of carbonyl (C=O) groups is 1. The maximum Gasteiger partial charge on any atom is 0.278 e. The van der Waals surface area contributed by atoms with E-state index in [1.54, 1.807) is 7.05 Å². The minimum atomic E-state index is -0.160. The average molecular weight is 388 g/mol. The Morgan fingerprint density at radius 2 is 1.97 bits per heavy atom. The summed E-state index contributed by atoms with van der Waals surface area (Å²) in [6.45, 7) is 0.254. The summed E-state index contributed by atoms with van der Waals surface area (Å²) in [5.74, 6) is 1.35. The topological polar surface area (TPSA) is 60.9 Å². The van der Waals surface area contributed by atoms with Crippen molar-refractivity contribution in [2.24, 2.45) is 0 Å². The number of fused-ring (bicyclic) bond motifs is 3. The lowest BCUT2D eigenvalue weighted by Gasteiger charge is -2.17. The van der Waals surface area contributed by atoms with E-state index in [1.807, 2.05) is 42.5 Å². The van der Waals surface area contributed by atoms with Crippen LogP contribution in [0.25, 0.3) is 22.6 Å². The van der Waals surface area contributed by atoms with Crippen LogP contribution >= 0.6 is 0 Å². The molecule has 146 valence electrons. The van der Waals surface area contributed by atoms with Crippen molar-refractivity contribution in [1.29, 1.82) is 0 Å². The summed E-state index contributed by atoms with van der Waals surface area (Å²) in [6, 6.07) is 13.6. The van der Waals surface area contributed by atoms with Gasteiger partial charge in [0.1, 0.15) is 0 Å². The molecular weight excluding hydrogens is 368 g/mol. The monoisotopic (exact) mass is 388 g/mol. The Balaban J connectivity index is 1.65. The first-order valence-corrected chi connectivity index (χ1v) is 9.50. The van der Waals surface area contributed by atoms with E-state index in [4.69, 9.17) is 19.3 Å². The molecule has 1 aliphatic carbocycles. The van der Waals surface area contributed by atoms with Crippen LogP contribution in [0, 0.1) is 0 Å². The molecule has 0 bridgehead atoms. The first kappa shape index (κ1) is 17.7. The van der Waals surface area contributed by atoms with Crippen LogP contribution in [0.15, 0.2) is 42.5 Å². The van der Waals surface area contributed by atoms with Crippen LogP contribution < -0.4 is 9.47 Å². The van der Waals surface area contributed by atoms with Crippen LogP contribution in [0.1, 0.15) is 33.6 Å². The van der Waals surface area contributed by atoms with E-state index >= 15 is 0 Å². The van der Waals surface area contributed by atoms with Crippen LogP contribution in [0.5, 0.6) is 11.5 Å². The van der Waals surface area contributed by atoms with Crippen LogP contribution in [0.4, 0.5) is 0 Å². The maximum absolute atomic E-state index is 13.1. The van der Waals surface area contributed by atoms with Gasteiger partial charge < -0.3 is 9.47 Å². The average Bonchev–Trinajstić information content (AvgIpc) is 3.37. The molecule has 1 amide bonds. The molecule has 0 fully saturated rings. The Bertz CT molecular complexity index is 1170. The third-order valence-corrected chi connectivity index (χ3v) is 5.45. The molecule has 0 radical (unpaired) electrons. The second kappa shape index (κ2) is 6.90. The Hall–Kier alpha value is -3.38. The number of para-hydroxylation sites is 1. The smallest absolute Gasteiger partial charge is 0.278 e. The molecule has 0 atom stereocenters. The van der Waals surface area contributed by atoms with Gasteiger partial charge >= 0.3 is 0 Å². The molecule has 2 heterocycles.